The zero-order valence-electron chi connectivity index (χ0n) is 10.8. The first-order valence-corrected chi connectivity index (χ1v) is 8.34. The molecular weight excluding hydrogens is 348 g/mol. The van der Waals surface area contributed by atoms with Gasteiger partial charge in [-0.05, 0) is 31.0 Å². The Morgan fingerprint density at radius 3 is 2.75 bits per heavy atom. The van der Waals surface area contributed by atoms with Crippen molar-refractivity contribution in [1.82, 2.24) is 5.32 Å². The third-order valence-electron chi connectivity index (χ3n) is 3.14. The Labute approximate surface area is 125 Å². The van der Waals surface area contributed by atoms with Gasteiger partial charge in [-0.15, -0.1) is 0 Å². The molecule has 8 heteroatoms. The number of hydrogen-bond donors (Lipinski definition) is 2. The second-order valence-electron chi connectivity index (χ2n) is 4.66. The largest absolute Gasteiger partial charge is 0.379 e. The number of nitrogens with one attached hydrogen (secondary N) is 1. The smallest absolute Gasteiger partial charge is 0.251 e. The lowest BCUT2D eigenvalue weighted by molar-refractivity contribution is 0.0929. The number of primary sulfonamides is 1. The molecule has 110 valence electrons. The number of nitrogens with two attached hydrogens (primary N) is 1. The number of ether oxygens (including phenoxy) is 1. The van der Waals surface area contributed by atoms with Gasteiger partial charge in [0.05, 0.1) is 17.5 Å². The Morgan fingerprint density at radius 2 is 2.20 bits per heavy atom. The average molecular weight is 363 g/mol. The molecule has 1 aliphatic heterocycles. The quantitative estimate of drug-likeness (QED) is 0.835. The SMILES string of the molecule is Cc1c(C(=O)NC2CCOC2)cc(Br)cc1S(N)(=O)=O. The van der Waals surface area contributed by atoms with E-state index >= 15 is 0 Å². The van der Waals surface area contributed by atoms with E-state index in [1.165, 1.54) is 6.07 Å². The molecule has 1 fully saturated rings. The highest BCUT2D eigenvalue weighted by Crippen LogP contribution is 2.24. The molecule has 1 aromatic rings. The summed E-state index contributed by atoms with van der Waals surface area (Å²) < 4.78 is 28.7. The zero-order valence-corrected chi connectivity index (χ0v) is 13.3. The van der Waals surface area contributed by atoms with E-state index in [4.69, 9.17) is 9.88 Å². The van der Waals surface area contributed by atoms with Gasteiger partial charge in [-0.3, -0.25) is 4.79 Å². The predicted molar refractivity (Wildman–Crippen MR) is 76.9 cm³/mol. The van der Waals surface area contributed by atoms with Gasteiger partial charge in [0.25, 0.3) is 5.91 Å². The molecule has 0 bridgehead atoms. The van der Waals surface area contributed by atoms with Gasteiger partial charge in [0.15, 0.2) is 0 Å². The summed E-state index contributed by atoms with van der Waals surface area (Å²) in [4.78, 5) is 12.2. The van der Waals surface area contributed by atoms with E-state index in [0.717, 1.165) is 6.42 Å². The Bertz CT molecular complexity index is 639. The molecule has 1 aromatic carbocycles. The molecule has 6 nitrogen and oxygen atoms in total. The molecule has 1 atom stereocenters. The fourth-order valence-electron chi connectivity index (χ4n) is 2.10. The van der Waals surface area contributed by atoms with Crippen LogP contribution < -0.4 is 10.5 Å². The lowest BCUT2D eigenvalue weighted by Crippen LogP contribution is -2.35. The van der Waals surface area contributed by atoms with E-state index in [0.29, 0.717) is 23.2 Å². The first-order chi connectivity index (χ1) is 9.29. The van der Waals surface area contributed by atoms with Gasteiger partial charge >= 0.3 is 0 Å². The second kappa shape index (κ2) is 5.80. The van der Waals surface area contributed by atoms with Crippen molar-refractivity contribution in [2.45, 2.75) is 24.3 Å². The second-order valence-corrected chi connectivity index (χ2v) is 7.10. The first kappa shape index (κ1) is 15.4. The van der Waals surface area contributed by atoms with Crippen LogP contribution in [0.15, 0.2) is 21.5 Å². The molecule has 0 aliphatic carbocycles. The molecule has 1 unspecified atom stereocenters. The van der Waals surface area contributed by atoms with Crippen LogP contribution in [-0.4, -0.2) is 33.6 Å². The summed E-state index contributed by atoms with van der Waals surface area (Å²) in [7, 11) is -3.87. The molecule has 0 spiro atoms. The van der Waals surface area contributed by atoms with E-state index in [1.54, 1.807) is 13.0 Å². The first-order valence-electron chi connectivity index (χ1n) is 6.00. The van der Waals surface area contributed by atoms with Crippen molar-refractivity contribution >= 4 is 31.9 Å². The van der Waals surface area contributed by atoms with Crippen molar-refractivity contribution in [3.8, 4) is 0 Å². The number of amides is 1. The number of sulfonamides is 1. The number of hydrogen-bond acceptors (Lipinski definition) is 4. The zero-order chi connectivity index (χ0) is 14.9. The van der Waals surface area contributed by atoms with Crippen LogP contribution in [0.1, 0.15) is 22.3 Å². The number of benzene rings is 1. The molecule has 0 saturated carbocycles. The standard InChI is InChI=1S/C12H15BrN2O4S/c1-7-10(12(16)15-9-2-3-19-6-9)4-8(13)5-11(7)20(14,17)18/h4-5,9H,2-3,6H2,1H3,(H,15,16)(H2,14,17,18). The molecule has 3 N–H and O–H groups in total. The van der Waals surface area contributed by atoms with Crippen molar-refractivity contribution in [3.05, 3.63) is 27.7 Å². The third-order valence-corrected chi connectivity index (χ3v) is 4.64. The molecule has 0 aromatic heterocycles. The number of halogens is 1. The Hall–Kier alpha value is -0.960. The summed E-state index contributed by atoms with van der Waals surface area (Å²) in [5.41, 5.74) is 0.627. The third kappa shape index (κ3) is 3.38. The number of carbonyl (C=O) groups excluding carboxylic acids is 1. The highest BCUT2D eigenvalue weighted by Gasteiger charge is 2.23. The van der Waals surface area contributed by atoms with Crippen molar-refractivity contribution < 1.29 is 17.9 Å². The Kier molecular flexibility index (Phi) is 4.48. The van der Waals surface area contributed by atoms with Crippen LogP contribution in [0.4, 0.5) is 0 Å². The molecule has 0 radical (unpaired) electrons. The van der Waals surface area contributed by atoms with Gasteiger partial charge in [-0.25, -0.2) is 13.6 Å². The number of carbonyl (C=O) groups is 1. The van der Waals surface area contributed by atoms with E-state index in [9.17, 15) is 13.2 Å². The molecule has 1 aliphatic rings. The molecular formula is C12H15BrN2O4S. The highest BCUT2D eigenvalue weighted by atomic mass is 79.9. The summed E-state index contributed by atoms with van der Waals surface area (Å²) in [5.74, 6) is -0.329. The molecule has 20 heavy (non-hydrogen) atoms. The fraction of sp³-hybridized carbons (Fsp3) is 0.417. The predicted octanol–water partition coefficient (Wildman–Crippen LogP) is 0.924. The van der Waals surface area contributed by atoms with Crippen molar-refractivity contribution in [1.29, 1.82) is 0 Å². The summed E-state index contributed by atoms with van der Waals surface area (Å²) in [6, 6.07) is 2.92. The summed E-state index contributed by atoms with van der Waals surface area (Å²) >= 11 is 3.20. The van der Waals surface area contributed by atoms with Gasteiger partial charge < -0.3 is 10.1 Å². The average Bonchev–Trinajstić information content (AvgIpc) is 2.83. The normalized spacial score (nSPS) is 19.1. The minimum Gasteiger partial charge on any atom is -0.379 e. The maximum atomic E-state index is 12.2. The summed E-state index contributed by atoms with van der Waals surface area (Å²) in [6.45, 7) is 2.65. The minimum absolute atomic E-state index is 0.0428. The molecule has 1 heterocycles. The van der Waals surface area contributed by atoms with Crippen LogP contribution in [0, 0.1) is 6.92 Å². The Balaban J connectivity index is 2.36. The topological polar surface area (TPSA) is 98.5 Å². The van der Waals surface area contributed by atoms with Crippen molar-refractivity contribution in [3.63, 3.8) is 0 Å². The van der Waals surface area contributed by atoms with Gasteiger partial charge in [0, 0.05) is 16.6 Å². The van der Waals surface area contributed by atoms with Crippen molar-refractivity contribution in [2.24, 2.45) is 5.14 Å². The lowest BCUT2D eigenvalue weighted by Gasteiger charge is -2.14. The highest BCUT2D eigenvalue weighted by molar-refractivity contribution is 9.10. The van der Waals surface area contributed by atoms with Crippen LogP contribution in [-0.2, 0) is 14.8 Å². The van der Waals surface area contributed by atoms with Crippen LogP contribution in [0.2, 0.25) is 0 Å². The maximum absolute atomic E-state index is 12.2. The van der Waals surface area contributed by atoms with E-state index in [1.807, 2.05) is 0 Å². The van der Waals surface area contributed by atoms with E-state index in [-0.39, 0.29) is 22.4 Å². The molecule has 1 amide bonds. The summed E-state index contributed by atoms with van der Waals surface area (Å²) in [5, 5.41) is 7.98. The van der Waals surface area contributed by atoms with Gasteiger partial charge in [-0.1, -0.05) is 15.9 Å². The lowest BCUT2D eigenvalue weighted by atomic mass is 10.1. The van der Waals surface area contributed by atoms with E-state index < -0.39 is 10.0 Å². The molecule has 2 rings (SSSR count). The van der Waals surface area contributed by atoms with Gasteiger partial charge in [0.2, 0.25) is 10.0 Å². The molecule has 1 saturated heterocycles. The van der Waals surface area contributed by atoms with Crippen LogP contribution in [0.3, 0.4) is 0 Å². The van der Waals surface area contributed by atoms with Gasteiger partial charge in [-0.2, -0.15) is 0 Å². The van der Waals surface area contributed by atoms with Crippen LogP contribution >= 0.6 is 15.9 Å². The van der Waals surface area contributed by atoms with Gasteiger partial charge in [0.1, 0.15) is 0 Å². The van der Waals surface area contributed by atoms with Crippen molar-refractivity contribution in [2.75, 3.05) is 13.2 Å². The Morgan fingerprint density at radius 1 is 1.50 bits per heavy atom. The van der Waals surface area contributed by atoms with Crippen LogP contribution in [0.25, 0.3) is 0 Å². The maximum Gasteiger partial charge on any atom is 0.251 e. The monoisotopic (exact) mass is 362 g/mol. The van der Waals surface area contributed by atoms with Crippen LogP contribution in [0.5, 0.6) is 0 Å². The summed E-state index contributed by atoms with van der Waals surface area (Å²) in [6.07, 6.45) is 0.751. The minimum atomic E-state index is -3.87. The van der Waals surface area contributed by atoms with E-state index in [2.05, 4.69) is 21.2 Å². The number of rotatable bonds is 3. The fourth-order valence-corrected chi connectivity index (χ4v) is 3.53.